The molecule has 1 rings (SSSR count). The first-order valence-corrected chi connectivity index (χ1v) is 7.98. The van der Waals surface area contributed by atoms with Crippen molar-refractivity contribution in [2.45, 2.75) is 39.5 Å². The number of imide groups is 1. The molecule has 0 saturated carbocycles. The predicted octanol–water partition coefficient (Wildman–Crippen LogP) is 1.06. The van der Waals surface area contributed by atoms with Crippen LogP contribution in [-0.4, -0.2) is 36.1 Å². The molecule has 0 fully saturated rings. The number of benzene rings is 1. The molecular formula is C17H23N3O6. The molecule has 9 heteroatoms. The Hall–Kier alpha value is -3.10. The molecule has 142 valence electrons. The van der Waals surface area contributed by atoms with Crippen molar-refractivity contribution in [3.8, 4) is 0 Å². The zero-order valence-corrected chi connectivity index (χ0v) is 14.9. The minimum atomic E-state index is -1.25. The molecule has 0 saturated heterocycles. The Morgan fingerprint density at radius 3 is 2.23 bits per heavy atom. The van der Waals surface area contributed by atoms with Crippen LogP contribution in [0.3, 0.4) is 0 Å². The third kappa shape index (κ3) is 7.20. The molecule has 1 aromatic carbocycles. The summed E-state index contributed by atoms with van der Waals surface area (Å²) in [6, 6.07) is 6.96. The Morgan fingerprint density at radius 1 is 1.08 bits per heavy atom. The highest BCUT2D eigenvalue weighted by atomic mass is 16.6. The maximum atomic E-state index is 12.2. The molecule has 0 heterocycles. The fraction of sp³-hybridized carbons (Fsp3) is 0.412. The van der Waals surface area contributed by atoms with Crippen molar-refractivity contribution in [2.24, 2.45) is 11.7 Å². The zero-order valence-electron chi connectivity index (χ0n) is 14.9. The molecule has 2 atom stereocenters. The highest BCUT2D eigenvalue weighted by Gasteiger charge is 2.29. The molecule has 0 spiro atoms. The van der Waals surface area contributed by atoms with E-state index in [0.29, 0.717) is 0 Å². The summed E-state index contributed by atoms with van der Waals surface area (Å²) in [4.78, 5) is 46.3. The lowest BCUT2D eigenvalue weighted by Crippen LogP contribution is -2.48. The number of ether oxygens (including phenoxy) is 2. The fourth-order valence-corrected chi connectivity index (χ4v) is 1.91. The van der Waals surface area contributed by atoms with Crippen LogP contribution in [0.25, 0.3) is 0 Å². The van der Waals surface area contributed by atoms with Gasteiger partial charge in [-0.1, -0.05) is 44.2 Å². The zero-order chi connectivity index (χ0) is 19.7. The van der Waals surface area contributed by atoms with E-state index in [1.165, 1.54) is 6.92 Å². The van der Waals surface area contributed by atoms with E-state index in [1.54, 1.807) is 31.3 Å². The van der Waals surface area contributed by atoms with Gasteiger partial charge in [0.25, 0.3) is 5.91 Å². The summed E-state index contributed by atoms with van der Waals surface area (Å²) in [6.45, 7) is 4.71. The van der Waals surface area contributed by atoms with Crippen LogP contribution in [0.15, 0.2) is 30.3 Å². The van der Waals surface area contributed by atoms with Crippen molar-refractivity contribution >= 4 is 24.0 Å². The van der Waals surface area contributed by atoms with Gasteiger partial charge in [0.05, 0.1) is 0 Å². The van der Waals surface area contributed by atoms with Crippen LogP contribution in [0.4, 0.5) is 9.59 Å². The summed E-state index contributed by atoms with van der Waals surface area (Å²) in [5, 5.41) is 4.22. The van der Waals surface area contributed by atoms with Crippen molar-refractivity contribution in [3.05, 3.63) is 35.9 Å². The topological polar surface area (TPSA) is 137 Å². The summed E-state index contributed by atoms with van der Waals surface area (Å²) in [5.74, 6) is -2.01. The van der Waals surface area contributed by atoms with Gasteiger partial charge in [0.2, 0.25) is 0 Å². The molecule has 4 amide bonds. The smallest absolute Gasteiger partial charge is 0.408 e. The first-order valence-electron chi connectivity index (χ1n) is 7.98. The molecule has 0 aromatic heterocycles. The number of primary amides is 1. The quantitative estimate of drug-likeness (QED) is 0.618. The first kappa shape index (κ1) is 20.9. The van der Waals surface area contributed by atoms with E-state index in [0.717, 1.165) is 5.56 Å². The molecule has 26 heavy (non-hydrogen) atoms. The van der Waals surface area contributed by atoms with Crippen molar-refractivity contribution in [1.29, 1.82) is 0 Å². The second kappa shape index (κ2) is 10.0. The Labute approximate surface area is 151 Å². The monoisotopic (exact) mass is 365 g/mol. The molecule has 0 bridgehead atoms. The minimum absolute atomic E-state index is 0.0456. The van der Waals surface area contributed by atoms with Crippen LogP contribution in [-0.2, 0) is 25.7 Å². The third-order valence-electron chi connectivity index (χ3n) is 3.32. The summed E-state index contributed by atoms with van der Waals surface area (Å²) >= 11 is 0. The van der Waals surface area contributed by atoms with Gasteiger partial charge in [-0.3, -0.25) is 10.1 Å². The highest BCUT2D eigenvalue weighted by molar-refractivity contribution is 5.96. The van der Waals surface area contributed by atoms with E-state index in [1.807, 2.05) is 18.2 Å². The van der Waals surface area contributed by atoms with E-state index in [9.17, 15) is 19.2 Å². The van der Waals surface area contributed by atoms with Crippen LogP contribution >= 0.6 is 0 Å². The second-order valence-corrected chi connectivity index (χ2v) is 5.86. The SMILES string of the molecule is CC(C)[C@H](NC(=O)OCc1ccccc1)C(=O)O[C@H](C)C(=O)NC(N)=O. The number of esters is 1. The fourth-order valence-electron chi connectivity index (χ4n) is 1.91. The maximum absolute atomic E-state index is 12.2. The number of urea groups is 1. The van der Waals surface area contributed by atoms with Gasteiger partial charge in [-0.2, -0.15) is 0 Å². The third-order valence-corrected chi connectivity index (χ3v) is 3.32. The Balaban J connectivity index is 2.58. The van der Waals surface area contributed by atoms with Crippen LogP contribution in [0.1, 0.15) is 26.3 Å². The molecule has 0 aliphatic rings. The van der Waals surface area contributed by atoms with Crippen molar-refractivity contribution in [1.82, 2.24) is 10.6 Å². The van der Waals surface area contributed by atoms with Crippen LogP contribution < -0.4 is 16.4 Å². The van der Waals surface area contributed by atoms with E-state index < -0.39 is 36.1 Å². The lowest BCUT2D eigenvalue weighted by atomic mass is 10.1. The number of nitrogens with one attached hydrogen (secondary N) is 2. The molecule has 1 aromatic rings. The van der Waals surface area contributed by atoms with Crippen molar-refractivity contribution in [2.75, 3.05) is 0 Å². The van der Waals surface area contributed by atoms with E-state index in [4.69, 9.17) is 15.2 Å². The average Bonchev–Trinajstić information content (AvgIpc) is 2.57. The first-order chi connectivity index (χ1) is 12.2. The number of rotatable bonds is 7. The second-order valence-electron chi connectivity index (χ2n) is 5.86. The Morgan fingerprint density at radius 2 is 1.69 bits per heavy atom. The lowest BCUT2D eigenvalue weighted by Gasteiger charge is -2.22. The van der Waals surface area contributed by atoms with Crippen molar-refractivity contribution < 1.29 is 28.7 Å². The number of carbonyl (C=O) groups excluding carboxylic acids is 4. The van der Waals surface area contributed by atoms with Gasteiger partial charge in [0.15, 0.2) is 6.10 Å². The van der Waals surface area contributed by atoms with Gasteiger partial charge in [0, 0.05) is 0 Å². The van der Waals surface area contributed by atoms with Gasteiger partial charge in [-0.05, 0) is 18.4 Å². The predicted molar refractivity (Wildman–Crippen MR) is 91.7 cm³/mol. The number of amides is 4. The van der Waals surface area contributed by atoms with Gasteiger partial charge in [-0.25, -0.2) is 14.4 Å². The largest absolute Gasteiger partial charge is 0.451 e. The normalized spacial score (nSPS) is 12.6. The molecule has 9 nitrogen and oxygen atoms in total. The van der Waals surface area contributed by atoms with Crippen LogP contribution in [0.2, 0.25) is 0 Å². The molecule has 4 N–H and O–H groups in total. The highest BCUT2D eigenvalue weighted by Crippen LogP contribution is 2.08. The number of alkyl carbamates (subject to hydrolysis) is 1. The number of carbonyl (C=O) groups is 4. The lowest BCUT2D eigenvalue weighted by molar-refractivity contribution is -0.157. The number of nitrogens with two attached hydrogens (primary N) is 1. The van der Waals surface area contributed by atoms with E-state index in [-0.39, 0.29) is 12.5 Å². The summed E-state index contributed by atoms with van der Waals surface area (Å²) in [6.07, 6.45) is -2.04. The van der Waals surface area contributed by atoms with Gasteiger partial charge in [0.1, 0.15) is 12.6 Å². The Kier molecular flexibility index (Phi) is 8.07. The standard InChI is InChI=1S/C17H23N3O6/c1-10(2)13(15(22)26-11(3)14(21)20-16(18)23)19-17(24)25-9-12-7-5-4-6-8-12/h4-8,10-11,13H,9H2,1-3H3,(H,19,24)(H3,18,20,21,23)/t11-,13+/m1/s1. The van der Waals surface area contributed by atoms with Gasteiger partial charge >= 0.3 is 18.1 Å². The number of hydrogen-bond donors (Lipinski definition) is 3. The molecule has 0 radical (unpaired) electrons. The van der Waals surface area contributed by atoms with Gasteiger partial charge in [-0.15, -0.1) is 0 Å². The van der Waals surface area contributed by atoms with Crippen LogP contribution in [0, 0.1) is 5.92 Å². The Bertz CT molecular complexity index is 647. The average molecular weight is 365 g/mol. The summed E-state index contributed by atoms with van der Waals surface area (Å²) < 4.78 is 10.0. The number of hydrogen-bond acceptors (Lipinski definition) is 6. The molecule has 0 unspecified atom stereocenters. The molecule has 0 aliphatic carbocycles. The van der Waals surface area contributed by atoms with E-state index in [2.05, 4.69) is 5.32 Å². The molecule has 0 aliphatic heterocycles. The van der Waals surface area contributed by atoms with Crippen molar-refractivity contribution in [3.63, 3.8) is 0 Å². The van der Waals surface area contributed by atoms with Gasteiger partial charge < -0.3 is 20.5 Å². The minimum Gasteiger partial charge on any atom is -0.451 e. The summed E-state index contributed by atoms with van der Waals surface area (Å²) in [7, 11) is 0. The summed E-state index contributed by atoms with van der Waals surface area (Å²) in [5.41, 5.74) is 5.63. The van der Waals surface area contributed by atoms with Crippen LogP contribution in [0.5, 0.6) is 0 Å². The van der Waals surface area contributed by atoms with E-state index >= 15 is 0 Å². The molecular weight excluding hydrogens is 342 g/mol. The maximum Gasteiger partial charge on any atom is 0.408 e.